The number of urea groups is 1. The van der Waals surface area contributed by atoms with Gasteiger partial charge in [-0.2, -0.15) is 0 Å². The summed E-state index contributed by atoms with van der Waals surface area (Å²) in [6, 6.07) is 14.1. The van der Waals surface area contributed by atoms with Gasteiger partial charge in [0.25, 0.3) is 5.56 Å². The van der Waals surface area contributed by atoms with Crippen molar-refractivity contribution in [2.75, 3.05) is 5.32 Å². The summed E-state index contributed by atoms with van der Waals surface area (Å²) in [7, 11) is 0. The van der Waals surface area contributed by atoms with E-state index in [0.717, 1.165) is 11.3 Å². The van der Waals surface area contributed by atoms with Crippen LogP contribution < -0.4 is 16.2 Å². The number of carbonyl (C=O) groups is 1. The maximum absolute atomic E-state index is 12.5. The second kappa shape index (κ2) is 7.77. The molecule has 0 bridgehead atoms. The van der Waals surface area contributed by atoms with Gasteiger partial charge in [-0.3, -0.25) is 4.79 Å². The van der Waals surface area contributed by atoms with Crippen molar-refractivity contribution < 1.29 is 4.79 Å². The average molecular weight is 351 g/mol. The number of benzene rings is 2. The van der Waals surface area contributed by atoms with Crippen LogP contribution in [0, 0.1) is 6.92 Å². The summed E-state index contributed by atoms with van der Waals surface area (Å²) in [5.41, 5.74) is 2.13. The van der Waals surface area contributed by atoms with Crippen LogP contribution in [-0.2, 0) is 6.54 Å². The smallest absolute Gasteiger partial charge is 0.319 e. The largest absolute Gasteiger partial charge is 0.333 e. The number of nitrogens with zero attached hydrogens (tertiary/aromatic N) is 3. The van der Waals surface area contributed by atoms with Crippen LogP contribution in [-0.4, -0.2) is 27.1 Å². The lowest BCUT2D eigenvalue weighted by molar-refractivity contribution is 0.245. The van der Waals surface area contributed by atoms with Crippen molar-refractivity contribution >= 4 is 22.6 Å². The van der Waals surface area contributed by atoms with Gasteiger partial charge in [0, 0.05) is 5.69 Å². The third-order valence-corrected chi connectivity index (χ3v) is 4.13. The minimum Gasteiger partial charge on any atom is -0.333 e. The van der Waals surface area contributed by atoms with Crippen LogP contribution in [0.3, 0.4) is 0 Å². The molecule has 0 spiro atoms. The van der Waals surface area contributed by atoms with E-state index < -0.39 is 0 Å². The van der Waals surface area contributed by atoms with Crippen molar-refractivity contribution in [1.82, 2.24) is 20.3 Å². The summed E-state index contributed by atoms with van der Waals surface area (Å²) in [4.78, 5) is 24.8. The molecule has 0 aliphatic carbocycles. The van der Waals surface area contributed by atoms with E-state index in [0.29, 0.717) is 17.3 Å². The van der Waals surface area contributed by atoms with Gasteiger partial charge in [0.05, 0.1) is 18.0 Å². The quantitative estimate of drug-likeness (QED) is 0.740. The monoisotopic (exact) mass is 351 g/mol. The summed E-state index contributed by atoms with van der Waals surface area (Å²) in [5.74, 6) is 0. The molecule has 26 heavy (non-hydrogen) atoms. The van der Waals surface area contributed by atoms with Crippen LogP contribution in [0.1, 0.15) is 18.9 Å². The van der Waals surface area contributed by atoms with Crippen LogP contribution in [0.15, 0.2) is 53.3 Å². The van der Waals surface area contributed by atoms with Crippen LogP contribution in [0.5, 0.6) is 0 Å². The summed E-state index contributed by atoms with van der Waals surface area (Å²) in [6.45, 7) is 4.16. The Bertz CT molecular complexity index is 983. The molecule has 7 nitrogen and oxygen atoms in total. The van der Waals surface area contributed by atoms with Gasteiger partial charge in [0.1, 0.15) is 5.52 Å². The van der Waals surface area contributed by atoms with Crippen molar-refractivity contribution in [1.29, 1.82) is 0 Å². The van der Waals surface area contributed by atoms with E-state index in [9.17, 15) is 9.59 Å². The lowest BCUT2D eigenvalue weighted by atomic mass is 10.2. The van der Waals surface area contributed by atoms with Crippen LogP contribution in [0.2, 0.25) is 0 Å². The molecular weight excluding hydrogens is 330 g/mol. The van der Waals surface area contributed by atoms with Gasteiger partial charge < -0.3 is 10.6 Å². The maximum Gasteiger partial charge on any atom is 0.319 e. The number of hydrogen-bond acceptors (Lipinski definition) is 4. The Balaban J connectivity index is 1.70. The van der Waals surface area contributed by atoms with Crippen molar-refractivity contribution in [3.8, 4) is 0 Å². The van der Waals surface area contributed by atoms with E-state index in [1.807, 2.05) is 44.2 Å². The summed E-state index contributed by atoms with van der Waals surface area (Å²) >= 11 is 0. The Morgan fingerprint density at radius 1 is 1.19 bits per heavy atom. The fourth-order valence-electron chi connectivity index (χ4n) is 2.70. The number of hydrogen-bond donors (Lipinski definition) is 2. The highest BCUT2D eigenvalue weighted by Gasteiger charge is 2.14. The number of aryl methyl sites for hydroxylation is 1. The van der Waals surface area contributed by atoms with Crippen LogP contribution >= 0.6 is 0 Å². The molecule has 1 heterocycles. The Labute approximate surface area is 151 Å². The molecule has 2 N–H and O–H groups in total. The highest BCUT2D eigenvalue weighted by molar-refractivity contribution is 5.89. The van der Waals surface area contributed by atoms with Crippen molar-refractivity contribution in [2.45, 2.75) is 32.9 Å². The molecular formula is C19H21N5O2. The molecule has 0 aliphatic rings. The van der Waals surface area contributed by atoms with E-state index in [4.69, 9.17) is 0 Å². The van der Waals surface area contributed by atoms with Gasteiger partial charge in [-0.05, 0) is 43.2 Å². The van der Waals surface area contributed by atoms with Gasteiger partial charge in [-0.1, -0.05) is 36.4 Å². The first-order valence-corrected chi connectivity index (χ1v) is 8.53. The fourth-order valence-corrected chi connectivity index (χ4v) is 2.70. The van der Waals surface area contributed by atoms with Crippen molar-refractivity contribution in [3.63, 3.8) is 0 Å². The standard InChI is InChI=1S/C19H21N5O2/c1-3-14(20-19(26)21-15-8-6-7-13(2)11-15)12-24-18(25)16-9-4-5-10-17(16)22-23-24/h4-11,14H,3,12H2,1-2H3,(H2,20,21,26)/t14-/m1/s1. The first-order valence-electron chi connectivity index (χ1n) is 8.53. The van der Waals surface area contributed by atoms with Crippen molar-refractivity contribution in [2.24, 2.45) is 0 Å². The minimum atomic E-state index is -0.316. The Morgan fingerprint density at radius 2 is 2.00 bits per heavy atom. The number of carbonyl (C=O) groups excluding carboxylic acids is 1. The summed E-state index contributed by atoms with van der Waals surface area (Å²) in [6.07, 6.45) is 0.655. The molecule has 0 fully saturated rings. The van der Waals surface area contributed by atoms with E-state index in [2.05, 4.69) is 20.9 Å². The zero-order valence-corrected chi connectivity index (χ0v) is 14.8. The molecule has 134 valence electrons. The molecule has 1 atom stereocenters. The zero-order chi connectivity index (χ0) is 18.5. The lowest BCUT2D eigenvalue weighted by Crippen LogP contribution is -2.42. The Morgan fingerprint density at radius 3 is 2.77 bits per heavy atom. The number of anilines is 1. The zero-order valence-electron chi connectivity index (χ0n) is 14.8. The highest BCUT2D eigenvalue weighted by atomic mass is 16.2. The van der Waals surface area contributed by atoms with E-state index in [1.54, 1.807) is 18.2 Å². The fraction of sp³-hybridized carbons (Fsp3) is 0.263. The van der Waals surface area contributed by atoms with E-state index in [1.165, 1.54) is 4.68 Å². The normalized spacial score (nSPS) is 11.9. The molecule has 0 unspecified atom stereocenters. The third kappa shape index (κ3) is 4.05. The Kier molecular flexibility index (Phi) is 5.26. The van der Waals surface area contributed by atoms with Crippen LogP contribution in [0.4, 0.5) is 10.5 Å². The molecule has 3 rings (SSSR count). The van der Waals surface area contributed by atoms with Gasteiger partial charge in [-0.15, -0.1) is 5.10 Å². The summed E-state index contributed by atoms with van der Waals surface area (Å²) < 4.78 is 1.30. The maximum atomic E-state index is 12.5. The van der Waals surface area contributed by atoms with Crippen LogP contribution in [0.25, 0.3) is 10.9 Å². The third-order valence-electron chi connectivity index (χ3n) is 4.13. The number of fused-ring (bicyclic) bond motifs is 1. The van der Waals surface area contributed by atoms with E-state index >= 15 is 0 Å². The second-order valence-corrected chi connectivity index (χ2v) is 6.17. The van der Waals surface area contributed by atoms with Gasteiger partial charge in [0.2, 0.25) is 0 Å². The second-order valence-electron chi connectivity index (χ2n) is 6.17. The molecule has 2 aromatic carbocycles. The average Bonchev–Trinajstić information content (AvgIpc) is 2.63. The number of nitrogens with one attached hydrogen (secondary N) is 2. The van der Waals surface area contributed by atoms with E-state index in [-0.39, 0.29) is 24.2 Å². The SMILES string of the molecule is CC[C@H](Cn1nnc2ccccc2c1=O)NC(=O)Nc1cccc(C)c1. The Hall–Kier alpha value is -3.22. The van der Waals surface area contributed by atoms with Gasteiger partial charge in [-0.25, -0.2) is 9.48 Å². The minimum absolute atomic E-state index is 0.213. The predicted molar refractivity (Wildman–Crippen MR) is 101 cm³/mol. The number of aromatic nitrogens is 3. The number of rotatable bonds is 5. The molecule has 3 aromatic rings. The molecule has 2 amide bonds. The van der Waals surface area contributed by atoms with Gasteiger partial charge in [0.15, 0.2) is 0 Å². The topological polar surface area (TPSA) is 88.9 Å². The van der Waals surface area contributed by atoms with Gasteiger partial charge >= 0.3 is 6.03 Å². The lowest BCUT2D eigenvalue weighted by Gasteiger charge is -2.18. The molecule has 0 saturated heterocycles. The first kappa shape index (κ1) is 17.6. The predicted octanol–water partition coefficient (Wildman–Crippen LogP) is 2.70. The molecule has 0 aliphatic heterocycles. The summed E-state index contributed by atoms with van der Waals surface area (Å²) in [5, 5.41) is 14.3. The molecule has 1 aromatic heterocycles. The van der Waals surface area contributed by atoms with Crippen molar-refractivity contribution in [3.05, 3.63) is 64.4 Å². The highest BCUT2D eigenvalue weighted by Crippen LogP contribution is 2.09. The first-order chi connectivity index (χ1) is 12.6. The molecule has 0 radical (unpaired) electrons. The molecule has 7 heteroatoms. The molecule has 0 saturated carbocycles. The number of amides is 2.